The zero-order chi connectivity index (χ0) is 14.8. The third-order valence-corrected chi connectivity index (χ3v) is 5.95. The number of amides is 1. The zero-order valence-corrected chi connectivity index (χ0v) is 14.3. The first-order valence-corrected chi connectivity index (χ1v) is 9.49. The van der Waals surface area contributed by atoms with Gasteiger partial charge in [0.1, 0.15) is 0 Å². The van der Waals surface area contributed by atoms with E-state index in [2.05, 4.69) is 37.2 Å². The summed E-state index contributed by atoms with van der Waals surface area (Å²) in [6.45, 7) is 7.36. The number of thioether (sulfide) groups is 1. The van der Waals surface area contributed by atoms with Crippen molar-refractivity contribution in [2.75, 3.05) is 18.6 Å². The lowest BCUT2D eigenvalue weighted by molar-refractivity contribution is -0.133. The minimum atomic E-state index is -0.341. The van der Waals surface area contributed by atoms with Gasteiger partial charge in [0, 0.05) is 6.54 Å². The Morgan fingerprint density at radius 1 is 1.45 bits per heavy atom. The number of carbonyl (C=O) groups is 1. The molecule has 1 heterocycles. The van der Waals surface area contributed by atoms with Gasteiger partial charge in [0.25, 0.3) is 0 Å². The molecular weight excluding hydrogens is 268 g/mol. The van der Waals surface area contributed by atoms with Crippen LogP contribution in [0.4, 0.5) is 0 Å². The van der Waals surface area contributed by atoms with Crippen molar-refractivity contribution in [1.82, 2.24) is 10.2 Å². The fraction of sp³-hybridized carbons (Fsp3) is 0.938. The molecule has 0 aromatic heterocycles. The lowest BCUT2D eigenvalue weighted by Gasteiger charge is -2.31. The molecule has 1 amide bonds. The average Bonchev–Trinajstić information content (AvgIpc) is 3.02. The largest absolute Gasteiger partial charge is 0.325 e. The summed E-state index contributed by atoms with van der Waals surface area (Å²) in [6.07, 6.45) is 8.51. The molecule has 1 N–H and O–H groups in total. The number of nitrogens with zero attached hydrogens (tertiary/aromatic N) is 1. The van der Waals surface area contributed by atoms with Gasteiger partial charge in [0.15, 0.2) is 0 Å². The standard InChI is InChI=1S/C16H30N2OS/c1-5-16(3)15(19)18(10-12(2)11-20-4)14(17-16)13-8-6-7-9-13/h12-14,17H,5-11H2,1-4H3. The lowest BCUT2D eigenvalue weighted by Crippen LogP contribution is -2.46. The summed E-state index contributed by atoms with van der Waals surface area (Å²) in [5.74, 6) is 2.68. The van der Waals surface area contributed by atoms with Crippen LogP contribution in [0, 0.1) is 11.8 Å². The molecule has 1 aliphatic carbocycles. The third kappa shape index (κ3) is 3.16. The van der Waals surface area contributed by atoms with Crippen LogP contribution in [0.2, 0.25) is 0 Å². The van der Waals surface area contributed by atoms with Crippen molar-refractivity contribution in [3.05, 3.63) is 0 Å². The van der Waals surface area contributed by atoms with Crippen molar-refractivity contribution in [3.63, 3.8) is 0 Å². The number of nitrogens with one attached hydrogen (secondary N) is 1. The normalized spacial score (nSPS) is 33.1. The molecule has 4 heteroatoms. The van der Waals surface area contributed by atoms with Gasteiger partial charge in [-0.2, -0.15) is 11.8 Å². The molecule has 0 aromatic carbocycles. The summed E-state index contributed by atoms with van der Waals surface area (Å²) in [4.78, 5) is 15.0. The second-order valence-corrected chi connectivity index (χ2v) is 7.75. The quantitative estimate of drug-likeness (QED) is 0.818. The highest BCUT2D eigenvalue weighted by Crippen LogP contribution is 2.35. The van der Waals surface area contributed by atoms with Crippen LogP contribution in [0.15, 0.2) is 0 Å². The van der Waals surface area contributed by atoms with Gasteiger partial charge in [-0.1, -0.05) is 26.7 Å². The van der Waals surface area contributed by atoms with Crippen LogP contribution in [0.25, 0.3) is 0 Å². The fourth-order valence-corrected chi connectivity index (χ4v) is 4.35. The van der Waals surface area contributed by atoms with Gasteiger partial charge < -0.3 is 4.90 Å². The molecule has 2 rings (SSSR count). The Bertz CT molecular complexity index is 343. The molecule has 1 saturated heterocycles. The van der Waals surface area contributed by atoms with Crippen LogP contribution >= 0.6 is 11.8 Å². The lowest BCUT2D eigenvalue weighted by atomic mass is 9.99. The van der Waals surface area contributed by atoms with Gasteiger partial charge in [0.05, 0.1) is 11.7 Å². The van der Waals surface area contributed by atoms with Crippen LogP contribution in [-0.4, -0.2) is 41.1 Å². The maximum absolute atomic E-state index is 12.8. The van der Waals surface area contributed by atoms with E-state index in [1.165, 1.54) is 25.7 Å². The van der Waals surface area contributed by atoms with Gasteiger partial charge in [0.2, 0.25) is 5.91 Å². The van der Waals surface area contributed by atoms with Crippen molar-refractivity contribution in [3.8, 4) is 0 Å². The third-order valence-electron chi connectivity index (χ3n) is 5.05. The van der Waals surface area contributed by atoms with Crippen molar-refractivity contribution >= 4 is 17.7 Å². The van der Waals surface area contributed by atoms with Gasteiger partial charge in [-0.25, -0.2) is 0 Å². The first kappa shape index (κ1) is 16.2. The Hall–Kier alpha value is -0.220. The molecule has 3 unspecified atom stereocenters. The van der Waals surface area contributed by atoms with Gasteiger partial charge >= 0.3 is 0 Å². The molecule has 3 nitrogen and oxygen atoms in total. The molecule has 20 heavy (non-hydrogen) atoms. The van der Waals surface area contributed by atoms with Crippen molar-refractivity contribution in [2.24, 2.45) is 11.8 Å². The highest BCUT2D eigenvalue weighted by Gasteiger charge is 2.49. The van der Waals surface area contributed by atoms with Crippen LogP contribution < -0.4 is 5.32 Å². The minimum absolute atomic E-state index is 0.277. The molecule has 2 fully saturated rings. The molecule has 1 saturated carbocycles. The molecule has 0 aromatic rings. The summed E-state index contributed by atoms with van der Waals surface area (Å²) in [7, 11) is 0. The molecule has 3 atom stereocenters. The first-order chi connectivity index (χ1) is 9.51. The van der Waals surface area contributed by atoms with Crippen LogP contribution in [0.3, 0.4) is 0 Å². The Morgan fingerprint density at radius 3 is 2.65 bits per heavy atom. The highest BCUT2D eigenvalue weighted by atomic mass is 32.2. The Kier molecular flexibility index (Phi) is 5.41. The SMILES string of the molecule is CCC1(C)NC(C2CCCC2)N(CC(C)CSC)C1=O. The summed E-state index contributed by atoms with van der Waals surface area (Å²) in [6, 6.07) is 0. The van der Waals surface area contributed by atoms with E-state index in [0.717, 1.165) is 18.7 Å². The van der Waals surface area contributed by atoms with Gasteiger partial charge in [-0.15, -0.1) is 0 Å². The Balaban J connectivity index is 2.12. The van der Waals surface area contributed by atoms with E-state index in [1.807, 2.05) is 11.8 Å². The monoisotopic (exact) mass is 298 g/mol. The summed E-state index contributed by atoms with van der Waals surface area (Å²) >= 11 is 1.88. The van der Waals surface area contributed by atoms with E-state index in [4.69, 9.17) is 0 Å². The summed E-state index contributed by atoms with van der Waals surface area (Å²) in [5.41, 5.74) is -0.341. The van der Waals surface area contributed by atoms with E-state index in [-0.39, 0.29) is 11.7 Å². The minimum Gasteiger partial charge on any atom is -0.325 e. The summed E-state index contributed by atoms with van der Waals surface area (Å²) < 4.78 is 0. The molecular formula is C16H30N2OS. The van der Waals surface area contributed by atoms with E-state index >= 15 is 0 Å². The number of hydrogen-bond acceptors (Lipinski definition) is 3. The molecule has 0 spiro atoms. The topological polar surface area (TPSA) is 32.3 Å². The Labute approximate surface area is 128 Å². The molecule has 2 aliphatic rings. The van der Waals surface area contributed by atoms with Crippen LogP contribution in [0.5, 0.6) is 0 Å². The number of rotatable bonds is 6. The predicted octanol–water partition coefficient (Wildman–Crippen LogP) is 3.10. The second kappa shape index (κ2) is 6.69. The maximum atomic E-state index is 12.8. The molecule has 116 valence electrons. The molecule has 0 radical (unpaired) electrons. The average molecular weight is 298 g/mol. The highest BCUT2D eigenvalue weighted by molar-refractivity contribution is 7.98. The van der Waals surface area contributed by atoms with Crippen molar-refractivity contribution in [2.45, 2.75) is 64.6 Å². The smallest absolute Gasteiger partial charge is 0.243 e. The number of carbonyl (C=O) groups excluding carboxylic acids is 1. The maximum Gasteiger partial charge on any atom is 0.243 e. The van der Waals surface area contributed by atoms with Crippen molar-refractivity contribution in [1.29, 1.82) is 0 Å². The van der Waals surface area contributed by atoms with E-state index in [9.17, 15) is 4.79 Å². The second-order valence-electron chi connectivity index (χ2n) is 6.84. The Morgan fingerprint density at radius 2 is 2.10 bits per heavy atom. The van der Waals surface area contributed by atoms with E-state index in [1.54, 1.807) is 0 Å². The van der Waals surface area contributed by atoms with Crippen LogP contribution in [-0.2, 0) is 4.79 Å². The number of hydrogen-bond donors (Lipinski definition) is 1. The van der Waals surface area contributed by atoms with Crippen molar-refractivity contribution < 1.29 is 4.79 Å². The van der Waals surface area contributed by atoms with E-state index < -0.39 is 0 Å². The molecule has 1 aliphatic heterocycles. The van der Waals surface area contributed by atoms with Gasteiger partial charge in [-0.05, 0) is 50.0 Å². The first-order valence-electron chi connectivity index (χ1n) is 8.09. The fourth-order valence-electron chi connectivity index (χ4n) is 3.68. The summed E-state index contributed by atoms with van der Waals surface area (Å²) in [5, 5.41) is 3.68. The van der Waals surface area contributed by atoms with E-state index in [0.29, 0.717) is 17.7 Å². The zero-order valence-electron chi connectivity index (χ0n) is 13.4. The molecule has 0 bridgehead atoms. The predicted molar refractivity (Wildman–Crippen MR) is 86.8 cm³/mol. The van der Waals surface area contributed by atoms with Crippen LogP contribution in [0.1, 0.15) is 52.9 Å². The van der Waals surface area contributed by atoms with Gasteiger partial charge in [-0.3, -0.25) is 10.1 Å².